The number of esters is 1. The minimum absolute atomic E-state index is 0.0359. The molecular formula is C52H43Br2N5O9S2. The second-order valence-electron chi connectivity index (χ2n) is 18.0. The number of benzene rings is 5. The van der Waals surface area contributed by atoms with Crippen LogP contribution in [0.25, 0.3) is 33.4 Å². The normalized spacial score (nSPS) is 21.0. The van der Waals surface area contributed by atoms with Crippen LogP contribution in [0.1, 0.15) is 53.3 Å². The van der Waals surface area contributed by atoms with Crippen LogP contribution >= 0.6 is 55.4 Å². The summed E-state index contributed by atoms with van der Waals surface area (Å²) in [6, 6.07) is 30.7. The third-order valence-corrected chi connectivity index (χ3v) is 16.5. The Kier molecular flexibility index (Phi) is 12.1. The van der Waals surface area contributed by atoms with Gasteiger partial charge < -0.3 is 49.7 Å². The van der Waals surface area contributed by atoms with Crippen molar-refractivity contribution in [1.82, 2.24) is 15.2 Å². The van der Waals surface area contributed by atoms with Crippen molar-refractivity contribution in [3.8, 4) is 22.5 Å². The van der Waals surface area contributed by atoms with Gasteiger partial charge in [-0.3, -0.25) is 14.4 Å². The molecule has 0 saturated carbocycles. The number of ketones is 1. The number of aryl methyl sites for hydroxylation is 1. The van der Waals surface area contributed by atoms with Crippen LogP contribution in [0.3, 0.4) is 0 Å². The van der Waals surface area contributed by atoms with Gasteiger partial charge in [0.15, 0.2) is 5.11 Å². The molecule has 70 heavy (non-hydrogen) atoms. The summed E-state index contributed by atoms with van der Waals surface area (Å²) in [7, 11) is 7.77. The zero-order chi connectivity index (χ0) is 49.6. The minimum atomic E-state index is -2.40. The second kappa shape index (κ2) is 17.8. The number of thiocarbonyl (C=S) groups is 1. The number of carbonyl (C=O) groups is 4. The molecule has 14 nitrogen and oxygen atoms in total. The Labute approximate surface area is 427 Å². The number of halogens is 2. The zero-order valence-corrected chi connectivity index (χ0v) is 42.9. The topological polar surface area (TPSA) is 186 Å². The summed E-state index contributed by atoms with van der Waals surface area (Å²) in [6.45, 7) is 2.38. The molecule has 1 spiro atoms. The van der Waals surface area contributed by atoms with E-state index in [9.17, 15) is 29.4 Å². The van der Waals surface area contributed by atoms with E-state index in [2.05, 4.69) is 47.8 Å². The Hall–Kier alpha value is -6.28. The highest BCUT2D eigenvalue weighted by Gasteiger charge is 2.83. The van der Waals surface area contributed by atoms with E-state index in [0.29, 0.717) is 49.9 Å². The number of aliphatic hydroxyl groups is 1. The van der Waals surface area contributed by atoms with Gasteiger partial charge in [0.1, 0.15) is 31.4 Å². The van der Waals surface area contributed by atoms with Crippen LogP contribution in [0.5, 0.6) is 0 Å². The maximum Gasteiger partial charge on any atom is 0.316 e. The SMILES string of the molecule is Cc1cc2c(s1)C1(O)OC(=O)C3[C@H](C(=O)Nc4ccc(CNC(=S)NCc5ccc(C(=O)[O-])c(-c6c7ccc(=[N+](C)C)cc-7oc7cc(N(C)C)ccc67)c5)cc4)[C@H](c4ccc(Br)c(Br)c4)OC31C2=O. The number of nitrogens with zero attached hydrogens (tertiary/aromatic N) is 2. The monoisotopic (exact) mass is 1100 g/mol. The Balaban J connectivity index is 0.849. The fourth-order valence-corrected chi connectivity index (χ4v) is 11.7. The van der Waals surface area contributed by atoms with Gasteiger partial charge in [-0.25, -0.2) is 4.58 Å². The molecule has 0 bridgehead atoms. The van der Waals surface area contributed by atoms with Crippen molar-refractivity contribution in [2.24, 2.45) is 11.8 Å². The number of fused-ring (bicyclic) bond motifs is 4. The molecule has 356 valence electrons. The molecule has 2 fully saturated rings. The summed E-state index contributed by atoms with van der Waals surface area (Å²) in [6.07, 6.45) is -1.11. The van der Waals surface area contributed by atoms with Crippen LogP contribution in [0.15, 0.2) is 116 Å². The van der Waals surface area contributed by atoms with Crippen LogP contribution < -0.4 is 35.9 Å². The van der Waals surface area contributed by atoms with Crippen molar-refractivity contribution in [3.63, 3.8) is 0 Å². The van der Waals surface area contributed by atoms with E-state index >= 15 is 0 Å². The fourth-order valence-electron chi connectivity index (χ4n) is 9.77. The molecular weight excluding hydrogens is 1060 g/mol. The third-order valence-electron chi connectivity index (χ3n) is 13.2. The number of aromatic carboxylic acids is 1. The van der Waals surface area contributed by atoms with Gasteiger partial charge in [0, 0.05) is 92.2 Å². The van der Waals surface area contributed by atoms with Crippen molar-refractivity contribution >= 4 is 107 Å². The minimum Gasteiger partial charge on any atom is -0.545 e. The maximum atomic E-state index is 14.4. The average Bonchev–Trinajstić information content (AvgIpc) is 4.02. The molecule has 0 radical (unpaired) electrons. The molecule has 3 aliphatic heterocycles. The number of nitrogens with one attached hydrogen (secondary N) is 3. The van der Waals surface area contributed by atoms with Crippen LogP contribution in [0.4, 0.5) is 11.4 Å². The van der Waals surface area contributed by atoms with Crippen molar-refractivity contribution in [1.29, 1.82) is 0 Å². The number of carboxylic acids is 1. The number of thiophene rings is 1. The van der Waals surface area contributed by atoms with E-state index < -0.39 is 53.0 Å². The van der Waals surface area contributed by atoms with E-state index in [1.165, 1.54) is 0 Å². The van der Waals surface area contributed by atoms with Gasteiger partial charge in [-0.05, 0) is 128 Å². The smallest absolute Gasteiger partial charge is 0.316 e. The van der Waals surface area contributed by atoms with E-state index in [-0.39, 0.29) is 22.5 Å². The van der Waals surface area contributed by atoms with Crippen molar-refractivity contribution in [3.05, 3.63) is 155 Å². The number of carbonyl (C=O) groups excluding carboxylic acids is 4. The first-order valence-electron chi connectivity index (χ1n) is 22.1. The summed E-state index contributed by atoms with van der Waals surface area (Å²) in [5, 5.41) is 36.1. The van der Waals surface area contributed by atoms with Crippen LogP contribution in [0, 0.1) is 18.8 Å². The number of carboxylic acid groups (broad SMARTS) is 1. The standard InChI is InChI=1S/C52H43Br2N5O9S2/c1-25-18-36-45(60)51-43(49(64)68-52(51,65)46(36)70-25)42(44(67-51)28-9-17-37(53)38(54)20-28)47(61)57-29-10-6-26(7-11-29)23-55-50(69)56-24-27-8-14-32(48(62)63)35(19-27)41-33-15-12-30(58(2)3)21-39(33)66-40-22-31(59(4)5)13-16-34(40)41/h6-22,42-44,65H,23-24H2,1-5H3,(H3-,55,56,57,61,62,63,69)/t42-,43?,44-,51?,52?/m0/s1. The lowest BCUT2D eigenvalue weighted by Gasteiger charge is -2.31. The van der Waals surface area contributed by atoms with Gasteiger partial charge >= 0.3 is 5.97 Å². The van der Waals surface area contributed by atoms with Gasteiger partial charge in [-0.15, -0.1) is 11.3 Å². The number of Topliss-reactive ketones (excluding diaryl/α,β-unsaturated/α-hetero) is 1. The molecule has 2 saturated heterocycles. The lowest BCUT2D eigenvalue weighted by molar-refractivity contribution is -0.255. The number of anilines is 2. The first-order valence-corrected chi connectivity index (χ1v) is 24.9. The van der Waals surface area contributed by atoms with E-state index in [1.807, 2.05) is 80.1 Å². The molecule has 3 unspecified atom stereocenters. The largest absolute Gasteiger partial charge is 0.545 e. The van der Waals surface area contributed by atoms with Crippen molar-refractivity contribution in [2.45, 2.75) is 37.5 Å². The summed E-state index contributed by atoms with van der Waals surface area (Å²) in [5.74, 6) is -7.92. The number of hydrogen-bond acceptors (Lipinski definition) is 12. The summed E-state index contributed by atoms with van der Waals surface area (Å²) in [5.41, 5.74) is 4.07. The molecule has 5 aromatic rings. The number of amides is 1. The number of hydrogen-bond donors (Lipinski definition) is 4. The highest BCUT2D eigenvalue weighted by atomic mass is 79.9. The Morgan fingerprint density at radius 1 is 0.871 bits per heavy atom. The predicted octanol–water partition coefficient (Wildman–Crippen LogP) is 7.00. The molecule has 4 N–H and O–H groups in total. The van der Waals surface area contributed by atoms with Crippen molar-refractivity contribution in [2.75, 3.05) is 38.4 Å². The third kappa shape index (κ3) is 7.81. The zero-order valence-electron chi connectivity index (χ0n) is 38.1. The molecule has 1 aromatic heterocycles. The molecule has 4 heterocycles. The van der Waals surface area contributed by atoms with Crippen LogP contribution in [-0.4, -0.2) is 67.6 Å². The highest BCUT2D eigenvalue weighted by Crippen LogP contribution is 2.66. The highest BCUT2D eigenvalue weighted by molar-refractivity contribution is 9.13. The second-order valence-corrected chi connectivity index (χ2v) is 21.3. The summed E-state index contributed by atoms with van der Waals surface area (Å²) >= 11 is 13.8. The Morgan fingerprint density at radius 3 is 2.30 bits per heavy atom. The molecule has 2 aliphatic carbocycles. The van der Waals surface area contributed by atoms with Gasteiger partial charge in [-0.2, -0.15) is 0 Å². The summed E-state index contributed by atoms with van der Waals surface area (Å²) in [4.78, 5) is 58.0. The average molecular weight is 1110 g/mol. The van der Waals surface area contributed by atoms with E-state index in [0.717, 1.165) is 53.8 Å². The molecule has 5 aliphatic rings. The quantitative estimate of drug-likeness (QED) is 0.0476. The fraction of sp³-hybridized carbons (Fsp3) is 0.231. The van der Waals surface area contributed by atoms with Crippen molar-refractivity contribution < 1.29 is 43.3 Å². The molecule has 5 atom stereocenters. The number of ether oxygens (including phenoxy) is 2. The first kappa shape index (κ1) is 47.4. The van der Waals surface area contributed by atoms with Gasteiger partial charge in [0.05, 0.1) is 28.9 Å². The van der Waals surface area contributed by atoms with Crippen LogP contribution in [0.2, 0.25) is 0 Å². The molecule has 18 heteroatoms. The van der Waals surface area contributed by atoms with E-state index in [1.54, 1.807) is 67.6 Å². The summed E-state index contributed by atoms with van der Waals surface area (Å²) < 4.78 is 22.0. The molecule has 1 amide bonds. The lowest BCUT2D eigenvalue weighted by atomic mass is 9.75. The Bertz CT molecular complexity index is 3420. The van der Waals surface area contributed by atoms with Gasteiger partial charge in [0.2, 0.25) is 22.6 Å². The lowest BCUT2D eigenvalue weighted by Crippen LogP contribution is -2.53. The predicted molar refractivity (Wildman–Crippen MR) is 274 cm³/mol. The van der Waals surface area contributed by atoms with Crippen LogP contribution in [-0.2, 0) is 37.9 Å². The van der Waals surface area contributed by atoms with Gasteiger partial charge in [-0.1, -0.05) is 30.3 Å². The molecule has 10 rings (SSSR count). The first-order chi connectivity index (χ1) is 33.4. The molecule has 4 aromatic carbocycles. The van der Waals surface area contributed by atoms with Gasteiger partial charge in [0.25, 0.3) is 5.79 Å². The Morgan fingerprint density at radius 2 is 1.60 bits per heavy atom. The maximum absolute atomic E-state index is 14.4. The number of rotatable bonds is 10. The van der Waals surface area contributed by atoms with E-state index in [4.69, 9.17) is 26.1 Å².